The maximum atomic E-state index is 12.1. The van der Waals surface area contributed by atoms with Crippen LogP contribution >= 0.6 is 0 Å². The van der Waals surface area contributed by atoms with E-state index in [9.17, 15) is 14.4 Å². The normalized spacial score (nSPS) is 16.8. The van der Waals surface area contributed by atoms with E-state index in [0.717, 1.165) is 5.56 Å². The molecule has 8 heteroatoms. The first-order chi connectivity index (χ1) is 12.3. The molecule has 0 aliphatic carbocycles. The van der Waals surface area contributed by atoms with Crippen LogP contribution in [0.3, 0.4) is 0 Å². The number of esters is 1. The lowest BCUT2D eigenvalue weighted by molar-refractivity contribution is -0.154. The van der Waals surface area contributed by atoms with E-state index in [1.165, 1.54) is 0 Å². The number of morpholine rings is 1. The van der Waals surface area contributed by atoms with E-state index in [2.05, 4.69) is 4.98 Å². The molecule has 2 rings (SSSR count). The topological polar surface area (TPSA) is 112 Å². The summed E-state index contributed by atoms with van der Waals surface area (Å²) in [6, 6.07) is 1.88. The van der Waals surface area contributed by atoms with Gasteiger partial charge in [-0.1, -0.05) is 0 Å². The number of nitrogens with zero attached hydrogens (tertiary/aromatic N) is 2. The van der Waals surface area contributed by atoms with Crippen molar-refractivity contribution in [3.8, 4) is 6.07 Å². The minimum Gasteiger partial charge on any atom is -0.456 e. The van der Waals surface area contributed by atoms with Gasteiger partial charge in [0.15, 0.2) is 6.61 Å². The van der Waals surface area contributed by atoms with Crippen molar-refractivity contribution in [2.24, 2.45) is 0 Å². The standard InChI is InChI=1S/C18H23N3O5/c1-11-9-21(6-7-25-11)16(22)10-26-17(23)5-4-14-12(2)15(8-19)18(24)20-13(14)3/h11H,4-7,9-10H2,1-3H3,(H,20,24). The first-order valence-electron chi connectivity index (χ1n) is 8.51. The Morgan fingerprint density at radius 1 is 1.42 bits per heavy atom. The highest BCUT2D eigenvalue weighted by Crippen LogP contribution is 2.15. The molecule has 1 fully saturated rings. The number of carbonyl (C=O) groups excluding carboxylic acids is 2. The first kappa shape index (κ1) is 19.7. The summed E-state index contributed by atoms with van der Waals surface area (Å²) < 4.78 is 10.4. The third-order valence-electron chi connectivity index (χ3n) is 4.45. The molecule has 0 saturated carbocycles. The van der Waals surface area contributed by atoms with Gasteiger partial charge in [0.25, 0.3) is 11.5 Å². The van der Waals surface area contributed by atoms with E-state index in [-0.39, 0.29) is 30.6 Å². The number of nitrogens with one attached hydrogen (secondary N) is 1. The van der Waals surface area contributed by atoms with E-state index in [0.29, 0.717) is 37.4 Å². The molecule has 8 nitrogen and oxygen atoms in total. The molecule has 1 aliphatic rings. The predicted octanol–water partition coefficient (Wildman–Crippen LogP) is 0.587. The average molecular weight is 361 g/mol. The second-order valence-electron chi connectivity index (χ2n) is 6.35. The second kappa shape index (κ2) is 8.63. The number of amides is 1. The number of H-pyrrole nitrogens is 1. The molecule has 1 saturated heterocycles. The Hall–Kier alpha value is -2.66. The number of pyridine rings is 1. The number of rotatable bonds is 5. The third-order valence-corrected chi connectivity index (χ3v) is 4.45. The zero-order valence-corrected chi connectivity index (χ0v) is 15.3. The molecular weight excluding hydrogens is 338 g/mol. The molecular formula is C18H23N3O5. The van der Waals surface area contributed by atoms with Crippen molar-refractivity contribution >= 4 is 11.9 Å². The molecule has 140 valence electrons. The molecule has 0 spiro atoms. The quantitative estimate of drug-likeness (QED) is 0.768. The lowest BCUT2D eigenvalue weighted by Gasteiger charge is -2.30. The SMILES string of the molecule is Cc1[nH]c(=O)c(C#N)c(C)c1CCC(=O)OCC(=O)N1CCOC(C)C1. The highest BCUT2D eigenvalue weighted by atomic mass is 16.5. The first-order valence-corrected chi connectivity index (χ1v) is 8.51. The summed E-state index contributed by atoms with van der Waals surface area (Å²) in [5.74, 6) is -0.736. The number of nitriles is 1. The van der Waals surface area contributed by atoms with Crippen LogP contribution in [0.4, 0.5) is 0 Å². The highest BCUT2D eigenvalue weighted by Gasteiger charge is 2.22. The Kier molecular flexibility index (Phi) is 6.52. The molecule has 1 unspecified atom stereocenters. The van der Waals surface area contributed by atoms with Crippen LogP contribution in [0.5, 0.6) is 0 Å². The van der Waals surface area contributed by atoms with Crippen LogP contribution in [0.1, 0.15) is 35.7 Å². The van der Waals surface area contributed by atoms with Crippen molar-refractivity contribution in [3.63, 3.8) is 0 Å². The molecule has 1 atom stereocenters. The van der Waals surface area contributed by atoms with Gasteiger partial charge in [0.05, 0.1) is 12.7 Å². The Labute approximate surface area is 151 Å². The van der Waals surface area contributed by atoms with Crippen molar-refractivity contribution in [2.45, 2.75) is 39.7 Å². The fourth-order valence-corrected chi connectivity index (χ4v) is 3.00. The van der Waals surface area contributed by atoms with Crippen LogP contribution in [-0.4, -0.2) is 54.2 Å². The number of aromatic nitrogens is 1. The Bertz CT molecular complexity index is 793. The number of carbonyl (C=O) groups is 2. The minimum atomic E-state index is -0.497. The van der Waals surface area contributed by atoms with E-state index < -0.39 is 11.5 Å². The molecule has 0 bridgehead atoms. The van der Waals surface area contributed by atoms with Crippen molar-refractivity contribution in [1.29, 1.82) is 5.26 Å². The van der Waals surface area contributed by atoms with Crippen LogP contribution in [-0.2, 0) is 25.5 Å². The van der Waals surface area contributed by atoms with Crippen molar-refractivity contribution in [1.82, 2.24) is 9.88 Å². The maximum absolute atomic E-state index is 12.1. The van der Waals surface area contributed by atoms with Gasteiger partial charge in [0.1, 0.15) is 11.6 Å². The molecule has 26 heavy (non-hydrogen) atoms. The van der Waals surface area contributed by atoms with Gasteiger partial charge in [0.2, 0.25) is 0 Å². The summed E-state index contributed by atoms with van der Waals surface area (Å²) >= 11 is 0. The summed E-state index contributed by atoms with van der Waals surface area (Å²) in [7, 11) is 0. The van der Waals surface area contributed by atoms with Crippen molar-refractivity contribution in [2.75, 3.05) is 26.3 Å². The van der Waals surface area contributed by atoms with E-state index in [4.69, 9.17) is 14.7 Å². The molecule has 1 aromatic heterocycles. The van der Waals surface area contributed by atoms with E-state index in [1.54, 1.807) is 18.7 Å². The van der Waals surface area contributed by atoms with Gasteiger partial charge < -0.3 is 19.4 Å². The highest BCUT2D eigenvalue weighted by molar-refractivity contribution is 5.80. The molecule has 2 heterocycles. The van der Waals surface area contributed by atoms with Gasteiger partial charge in [-0.2, -0.15) is 5.26 Å². The molecule has 0 aromatic carbocycles. The van der Waals surface area contributed by atoms with Crippen LogP contribution in [0, 0.1) is 25.2 Å². The van der Waals surface area contributed by atoms with Crippen molar-refractivity contribution < 1.29 is 19.1 Å². The zero-order chi connectivity index (χ0) is 19.3. The average Bonchev–Trinajstić information content (AvgIpc) is 2.59. The van der Waals surface area contributed by atoms with Crippen LogP contribution < -0.4 is 5.56 Å². The number of hydrogen-bond acceptors (Lipinski definition) is 6. The van der Waals surface area contributed by atoms with Crippen molar-refractivity contribution in [3.05, 3.63) is 32.7 Å². The van der Waals surface area contributed by atoms with Gasteiger partial charge in [-0.3, -0.25) is 14.4 Å². The Balaban J connectivity index is 1.89. The lowest BCUT2D eigenvalue weighted by Crippen LogP contribution is -2.46. The van der Waals surface area contributed by atoms with E-state index >= 15 is 0 Å². The monoisotopic (exact) mass is 361 g/mol. The van der Waals surface area contributed by atoms with Crippen LogP contribution in [0.25, 0.3) is 0 Å². The molecule has 1 aromatic rings. The zero-order valence-electron chi connectivity index (χ0n) is 15.3. The minimum absolute atomic E-state index is 0.0241. The largest absolute Gasteiger partial charge is 0.456 e. The summed E-state index contributed by atoms with van der Waals surface area (Å²) in [4.78, 5) is 40.0. The number of hydrogen-bond donors (Lipinski definition) is 1. The third kappa shape index (κ3) is 4.70. The second-order valence-corrected chi connectivity index (χ2v) is 6.35. The molecule has 1 N–H and O–H groups in total. The van der Waals surface area contributed by atoms with Gasteiger partial charge in [0, 0.05) is 25.2 Å². The van der Waals surface area contributed by atoms with Crippen LogP contribution in [0.2, 0.25) is 0 Å². The van der Waals surface area contributed by atoms with Gasteiger partial charge in [-0.05, 0) is 38.3 Å². The predicted molar refractivity (Wildman–Crippen MR) is 92.5 cm³/mol. The summed E-state index contributed by atoms with van der Waals surface area (Å²) in [5.41, 5.74) is 1.55. The number of aromatic amines is 1. The molecule has 0 radical (unpaired) electrons. The lowest BCUT2D eigenvalue weighted by atomic mass is 9.99. The summed E-state index contributed by atoms with van der Waals surface area (Å²) in [6.45, 7) is 6.46. The molecule has 1 aliphatic heterocycles. The number of ether oxygens (including phenoxy) is 2. The number of aryl methyl sites for hydroxylation is 1. The Morgan fingerprint density at radius 2 is 2.15 bits per heavy atom. The fourth-order valence-electron chi connectivity index (χ4n) is 3.00. The van der Waals surface area contributed by atoms with Gasteiger partial charge in [-0.25, -0.2) is 0 Å². The van der Waals surface area contributed by atoms with Gasteiger partial charge in [-0.15, -0.1) is 0 Å². The maximum Gasteiger partial charge on any atom is 0.306 e. The Morgan fingerprint density at radius 3 is 2.81 bits per heavy atom. The summed E-state index contributed by atoms with van der Waals surface area (Å²) in [6.07, 6.45) is 0.361. The van der Waals surface area contributed by atoms with Gasteiger partial charge >= 0.3 is 5.97 Å². The van der Waals surface area contributed by atoms with Crippen LogP contribution in [0.15, 0.2) is 4.79 Å². The fraction of sp³-hybridized carbons (Fsp3) is 0.556. The molecule has 1 amide bonds. The van der Waals surface area contributed by atoms with E-state index in [1.807, 2.05) is 13.0 Å². The smallest absolute Gasteiger partial charge is 0.306 e. The summed E-state index contributed by atoms with van der Waals surface area (Å²) in [5, 5.41) is 9.07.